The Morgan fingerprint density at radius 3 is 2.72 bits per heavy atom. The summed E-state index contributed by atoms with van der Waals surface area (Å²) in [6.07, 6.45) is 2.20. The molecule has 0 fully saturated rings. The minimum absolute atomic E-state index is 0.305. The third kappa shape index (κ3) is 3.55. The lowest BCUT2D eigenvalue weighted by Crippen LogP contribution is -2.39. The van der Waals surface area contributed by atoms with Gasteiger partial charge in [-0.15, -0.1) is 23.1 Å². The van der Waals surface area contributed by atoms with E-state index in [1.54, 1.807) is 48.1 Å². The smallest absolute Gasteiger partial charge is 0.328 e. The number of fused-ring (bicyclic) bond motifs is 2. The predicted molar refractivity (Wildman–Crippen MR) is 128 cm³/mol. The Balaban J connectivity index is 1.39. The van der Waals surface area contributed by atoms with E-state index in [1.165, 1.54) is 9.13 Å². The van der Waals surface area contributed by atoms with E-state index < -0.39 is 0 Å². The van der Waals surface area contributed by atoms with E-state index >= 15 is 0 Å². The minimum Gasteiger partial charge on any atom is -0.328 e. The molecule has 0 saturated carbocycles. The van der Waals surface area contributed by atoms with Gasteiger partial charge in [0.15, 0.2) is 17.0 Å². The third-order valence-electron chi connectivity index (χ3n) is 5.28. The van der Waals surface area contributed by atoms with Crippen LogP contribution in [0.15, 0.2) is 62.7 Å². The van der Waals surface area contributed by atoms with Crippen LogP contribution in [0, 0.1) is 0 Å². The van der Waals surface area contributed by atoms with Crippen molar-refractivity contribution in [3.63, 3.8) is 0 Å². The van der Waals surface area contributed by atoms with Crippen LogP contribution in [0.5, 0.6) is 0 Å². The lowest BCUT2D eigenvalue weighted by atomic mass is 10.2. The number of thioether (sulfide) groups is 1. The molecule has 0 unspecified atom stereocenters. The summed E-state index contributed by atoms with van der Waals surface area (Å²) in [5, 5.41) is 3.92. The van der Waals surface area contributed by atoms with Crippen LogP contribution in [0.1, 0.15) is 6.42 Å². The molecule has 0 aliphatic carbocycles. The van der Waals surface area contributed by atoms with Gasteiger partial charge in [0.25, 0.3) is 5.56 Å². The molecule has 10 heteroatoms. The average molecular weight is 465 g/mol. The van der Waals surface area contributed by atoms with E-state index in [2.05, 4.69) is 4.98 Å². The average Bonchev–Trinajstić information content (AvgIpc) is 3.47. The number of hydrogen-bond donors (Lipinski definition) is 0. The van der Waals surface area contributed by atoms with Gasteiger partial charge in [-0.25, -0.2) is 19.7 Å². The fourth-order valence-electron chi connectivity index (χ4n) is 3.66. The summed E-state index contributed by atoms with van der Waals surface area (Å²) >= 11 is 3.23. The SMILES string of the molecule is Cn1cnc2c1c(=O)n(CCCSc1nc(-c3cccs3)nc3ccccc13)c(=O)n2C. The Hall–Kier alpha value is -3.24. The van der Waals surface area contributed by atoms with Crippen LogP contribution in [0.2, 0.25) is 0 Å². The molecular weight excluding hydrogens is 444 g/mol. The first-order valence-corrected chi connectivity index (χ1v) is 12.0. The largest absolute Gasteiger partial charge is 0.332 e. The highest BCUT2D eigenvalue weighted by Gasteiger charge is 2.15. The fraction of sp³-hybridized carbons (Fsp3) is 0.227. The van der Waals surface area contributed by atoms with E-state index in [-0.39, 0.29) is 11.2 Å². The number of imidazole rings is 1. The van der Waals surface area contributed by atoms with Crippen LogP contribution in [-0.4, -0.2) is 34.4 Å². The molecule has 4 aromatic heterocycles. The molecule has 0 aliphatic rings. The summed E-state index contributed by atoms with van der Waals surface area (Å²) in [5.74, 6) is 1.43. The van der Waals surface area contributed by atoms with Gasteiger partial charge >= 0.3 is 5.69 Å². The molecule has 0 spiro atoms. The lowest BCUT2D eigenvalue weighted by molar-refractivity contribution is 0.594. The number of hydrogen-bond acceptors (Lipinski definition) is 7. The number of rotatable bonds is 6. The maximum absolute atomic E-state index is 12.9. The highest BCUT2D eigenvalue weighted by molar-refractivity contribution is 7.99. The normalized spacial score (nSPS) is 11.6. The second-order valence-corrected chi connectivity index (χ2v) is 9.41. The molecule has 0 bridgehead atoms. The summed E-state index contributed by atoms with van der Waals surface area (Å²) < 4.78 is 4.37. The molecule has 0 aliphatic heterocycles. The van der Waals surface area contributed by atoms with Gasteiger partial charge in [-0.3, -0.25) is 13.9 Å². The Morgan fingerprint density at radius 2 is 1.91 bits per heavy atom. The first kappa shape index (κ1) is 20.7. The van der Waals surface area contributed by atoms with Crippen molar-refractivity contribution in [2.45, 2.75) is 18.0 Å². The zero-order valence-corrected chi connectivity index (χ0v) is 19.2. The van der Waals surface area contributed by atoms with Crippen LogP contribution < -0.4 is 11.2 Å². The van der Waals surface area contributed by atoms with Crippen LogP contribution in [0.3, 0.4) is 0 Å². The van der Waals surface area contributed by atoms with Crippen LogP contribution >= 0.6 is 23.1 Å². The molecule has 8 nitrogen and oxygen atoms in total. The summed E-state index contributed by atoms with van der Waals surface area (Å²) in [4.78, 5) is 40.2. The van der Waals surface area contributed by atoms with Crippen molar-refractivity contribution in [2.75, 3.05) is 5.75 Å². The van der Waals surface area contributed by atoms with E-state index in [1.807, 2.05) is 41.8 Å². The van der Waals surface area contributed by atoms with E-state index in [0.717, 1.165) is 20.8 Å². The Kier molecular flexibility index (Phi) is 5.40. The molecule has 0 amide bonds. The molecule has 1 aromatic carbocycles. The highest BCUT2D eigenvalue weighted by atomic mass is 32.2. The molecule has 0 atom stereocenters. The summed E-state index contributed by atoms with van der Waals surface area (Å²) in [6, 6.07) is 12.0. The maximum Gasteiger partial charge on any atom is 0.332 e. The standard InChI is InChI=1S/C22H20N6O2S2/c1-26-13-23-19-17(26)21(29)28(22(30)27(19)2)10-6-12-32-20-14-7-3-4-8-15(14)24-18(25-20)16-9-5-11-31-16/h3-5,7-9,11,13H,6,10,12H2,1-2H3. The van der Waals surface area contributed by atoms with Gasteiger partial charge in [0.2, 0.25) is 0 Å². The fourth-order valence-corrected chi connectivity index (χ4v) is 5.26. The Morgan fingerprint density at radius 1 is 1.06 bits per heavy atom. The summed E-state index contributed by atoms with van der Waals surface area (Å²) in [7, 11) is 3.40. The number of nitrogens with zero attached hydrogens (tertiary/aromatic N) is 6. The molecular formula is C22H20N6O2S2. The lowest BCUT2D eigenvalue weighted by Gasteiger charge is -2.10. The number of para-hydroxylation sites is 1. The van der Waals surface area contributed by atoms with Crippen LogP contribution in [0.4, 0.5) is 0 Å². The zero-order chi connectivity index (χ0) is 22.2. The van der Waals surface area contributed by atoms with Crippen molar-refractivity contribution in [2.24, 2.45) is 14.1 Å². The van der Waals surface area contributed by atoms with Gasteiger partial charge in [0.1, 0.15) is 5.03 Å². The van der Waals surface area contributed by atoms with E-state index in [9.17, 15) is 9.59 Å². The first-order valence-electron chi connectivity index (χ1n) is 10.1. The first-order chi connectivity index (χ1) is 15.5. The molecule has 0 N–H and O–H groups in total. The van der Waals surface area contributed by atoms with E-state index in [0.29, 0.717) is 35.7 Å². The van der Waals surface area contributed by atoms with Gasteiger partial charge < -0.3 is 4.57 Å². The van der Waals surface area contributed by atoms with Crippen molar-refractivity contribution in [3.8, 4) is 10.7 Å². The molecule has 5 rings (SSSR count). The van der Waals surface area contributed by atoms with Crippen molar-refractivity contribution in [3.05, 3.63) is 68.9 Å². The zero-order valence-electron chi connectivity index (χ0n) is 17.6. The number of aryl methyl sites for hydroxylation is 2. The summed E-state index contributed by atoms with van der Waals surface area (Å²) in [5.41, 5.74) is 1.09. The Bertz CT molecular complexity index is 1550. The van der Waals surface area contributed by atoms with Crippen LogP contribution in [0.25, 0.3) is 32.8 Å². The minimum atomic E-state index is -0.348. The number of thiophene rings is 1. The van der Waals surface area contributed by atoms with Gasteiger partial charge in [0.05, 0.1) is 16.7 Å². The van der Waals surface area contributed by atoms with Gasteiger partial charge in [-0.05, 0) is 23.9 Å². The monoisotopic (exact) mass is 464 g/mol. The Labute approximate surface area is 191 Å². The molecule has 5 aromatic rings. The van der Waals surface area contributed by atoms with Gasteiger partial charge in [0, 0.05) is 31.8 Å². The molecule has 32 heavy (non-hydrogen) atoms. The van der Waals surface area contributed by atoms with Crippen molar-refractivity contribution in [1.82, 2.24) is 28.7 Å². The highest BCUT2D eigenvalue weighted by Crippen LogP contribution is 2.30. The van der Waals surface area contributed by atoms with Crippen molar-refractivity contribution < 1.29 is 0 Å². The topological polar surface area (TPSA) is 87.6 Å². The van der Waals surface area contributed by atoms with Crippen LogP contribution in [-0.2, 0) is 20.6 Å². The molecule has 4 heterocycles. The predicted octanol–water partition coefficient (Wildman–Crippen LogP) is 3.29. The summed E-state index contributed by atoms with van der Waals surface area (Å²) in [6.45, 7) is 0.334. The van der Waals surface area contributed by atoms with Crippen molar-refractivity contribution in [1.29, 1.82) is 0 Å². The second-order valence-electron chi connectivity index (χ2n) is 7.37. The molecule has 162 valence electrons. The third-order valence-corrected chi connectivity index (χ3v) is 7.22. The van der Waals surface area contributed by atoms with E-state index in [4.69, 9.17) is 9.97 Å². The number of benzene rings is 1. The maximum atomic E-state index is 12.9. The van der Waals surface area contributed by atoms with Gasteiger partial charge in [-0.1, -0.05) is 24.3 Å². The quantitative estimate of drug-likeness (QED) is 0.218. The molecule has 0 saturated heterocycles. The number of aromatic nitrogens is 6. The van der Waals surface area contributed by atoms with Gasteiger partial charge in [-0.2, -0.15) is 0 Å². The van der Waals surface area contributed by atoms with Crippen molar-refractivity contribution >= 4 is 45.2 Å². The molecule has 0 radical (unpaired) electrons. The second kappa shape index (κ2) is 8.36.